The number of amides is 4. The van der Waals surface area contributed by atoms with Crippen LogP contribution < -0.4 is 0 Å². The molecule has 2 heterocycles. The van der Waals surface area contributed by atoms with Gasteiger partial charge >= 0.3 is 0 Å². The molecule has 0 bridgehead atoms. The Hall–Kier alpha value is -3.28. The van der Waals surface area contributed by atoms with Gasteiger partial charge in [0.25, 0.3) is 23.6 Å². The molecule has 1 unspecified atom stereocenters. The minimum Gasteiger partial charge on any atom is -0.274 e. The third-order valence-corrected chi connectivity index (χ3v) is 4.91. The average Bonchev–Trinajstić information content (AvgIpc) is 3.06. The zero-order valence-corrected chi connectivity index (χ0v) is 14.1. The third kappa shape index (κ3) is 2.26. The highest BCUT2D eigenvalue weighted by Crippen LogP contribution is 2.27. The smallest absolute Gasteiger partial charge is 0.261 e. The summed E-state index contributed by atoms with van der Waals surface area (Å²) < 4.78 is 0. The number of benzene rings is 2. The first kappa shape index (κ1) is 16.2. The van der Waals surface area contributed by atoms with Crippen LogP contribution in [0.3, 0.4) is 0 Å². The maximum Gasteiger partial charge on any atom is 0.261 e. The van der Waals surface area contributed by atoms with Crippen molar-refractivity contribution in [2.24, 2.45) is 0 Å². The van der Waals surface area contributed by atoms with E-state index in [1.807, 2.05) is 0 Å². The van der Waals surface area contributed by atoms with Gasteiger partial charge in [-0.25, -0.2) is 0 Å². The van der Waals surface area contributed by atoms with Gasteiger partial charge in [0.15, 0.2) is 0 Å². The lowest BCUT2D eigenvalue weighted by molar-refractivity contribution is 0.0569. The van der Waals surface area contributed by atoms with E-state index < -0.39 is 6.04 Å². The first-order chi connectivity index (χ1) is 12.5. The Kier molecular flexibility index (Phi) is 3.68. The summed E-state index contributed by atoms with van der Waals surface area (Å²) in [6, 6.07) is 13.0. The molecule has 0 fully saturated rings. The summed E-state index contributed by atoms with van der Waals surface area (Å²) in [5.74, 6) is -1.33. The lowest BCUT2D eigenvalue weighted by Gasteiger charge is -2.24. The Morgan fingerprint density at radius 1 is 0.692 bits per heavy atom. The molecular weight excluding hydrogens is 332 g/mol. The topological polar surface area (TPSA) is 74.8 Å². The van der Waals surface area contributed by atoms with E-state index in [4.69, 9.17) is 0 Å². The molecule has 0 N–H and O–H groups in total. The fourth-order valence-corrected chi connectivity index (χ4v) is 3.50. The molecule has 0 aliphatic carbocycles. The minimum absolute atomic E-state index is 0.154. The van der Waals surface area contributed by atoms with Crippen LogP contribution in [0.4, 0.5) is 0 Å². The van der Waals surface area contributed by atoms with Crippen molar-refractivity contribution >= 4 is 23.6 Å². The van der Waals surface area contributed by atoms with E-state index in [1.54, 1.807) is 55.5 Å². The largest absolute Gasteiger partial charge is 0.274 e. The molecule has 0 spiro atoms. The second-order valence-corrected chi connectivity index (χ2v) is 6.47. The van der Waals surface area contributed by atoms with Gasteiger partial charge in [-0.1, -0.05) is 24.3 Å². The molecule has 6 heteroatoms. The Morgan fingerprint density at radius 3 is 1.50 bits per heavy atom. The molecule has 4 rings (SSSR count). The van der Waals surface area contributed by atoms with Crippen molar-refractivity contribution in [2.45, 2.75) is 19.4 Å². The molecule has 0 saturated carbocycles. The summed E-state index contributed by atoms with van der Waals surface area (Å²) in [6.07, 6.45) is 0.330. The predicted molar refractivity (Wildman–Crippen MR) is 92.8 cm³/mol. The van der Waals surface area contributed by atoms with E-state index in [9.17, 15) is 19.2 Å². The number of hydrogen-bond donors (Lipinski definition) is 0. The molecule has 130 valence electrons. The maximum atomic E-state index is 12.5. The average molecular weight is 348 g/mol. The van der Waals surface area contributed by atoms with E-state index in [2.05, 4.69) is 0 Å². The monoisotopic (exact) mass is 348 g/mol. The molecule has 2 aliphatic heterocycles. The highest BCUT2D eigenvalue weighted by atomic mass is 16.2. The number of carbonyl (C=O) groups is 4. The number of carbonyl (C=O) groups excluding carboxylic acids is 4. The van der Waals surface area contributed by atoms with E-state index in [0.29, 0.717) is 28.7 Å². The van der Waals surface area contributed by atoms with Crippen molar-refractivity contribution in [1.82, 2.24) is 9.80 Å². The van der Waals surface area contributed by atoms with Gasteiger partial charge in [-0.3, -0.25) is 29.0 Å². The summed E-state index contributed by atoms with van der Waals surface area (Å²) in [4.78, 5) is 52.2. The van der Waals surface area contributed by atoms with E-state index >= 15 is 0 Å². The maximum absolute atomic E-state index is 12.5. The van der Waals surface area contributed by atoms with Gasteiger partial charge in [0.1, 0.15) is 0 Å². The number of nitrogens with zero attached hydrogens (tertiary/aromatic N) is 2. The number of hydrogen-bond acceptors (Lipinski definition) is 4. The number of imide groups is 2. The predicted octanol–water partition coefficient (Wildman–Crippen LogP) is 2.36. The van der Waals surface area contributed by atoms with Crippen molar-refractivity contribution in [3.63, 3.8) is 0 Å². The first-order valence-electron chi connectivity index (χ1n) is 8.43. The number of rotatable bonds is 4. The van der Waals surface area contributed by atoms with Crippen LogP contribution in [0.1, 0.15) is 54.8 Å². The van der Waals surface area contributed by atoms with E-state index in [-0.39, 0.29) is 30.2 Å². The van der Waals surface area contributed by atoms with Gasteiger partial charge < -0.3 is 0 Å². The summed E-state index contributed by atoms with van der Waals surface area (Å²) >= 11 is 0. The van der Waals surface area contributed by atoms with E-state index in [0.717, 1.165) is 0 Å². The zero-order chi connectivity index (χ0) is 18.4. The van der Waals surface area contributed by atoms with Crippen molar-refractivity contribution in [1.29, 1.82) is 0 Å². The van der Waals surface area contributed by atoms with Crippen LogP contribution in [-0.2, 0) is 0 Å². The Labute approximate surface area is 150 Å². The van der Waals surface area contributed by atoms with Crippen LogP contribution in [0.25, 0.3) is 0 Å². The molecule has 0 saturated heterocycles. The lowest BCUT2D eigenvalue weighted by atomic mass is 10.1. The van der Waals surface area contributed by atoms with E-state index in [1.165, 1.54) is 9.80 Å². The lowest BCUT2D eigenvalue weighted by Crippen LogP contribution is -2.41. The normalized spacial score (nSPS) is 17.0. The van der Waals surface area contributed by atoms with Crippen LogP contribution in [-0.4, -0.2) is 46.0 Å². The van der Waals surface area contributed by atoms with Crippen LogP contribution in [0.5, 0.6) is 0 Å². The van der Waals surface area contributed by atoms with Crippen LogP contribution >= 0.6 is 0 Å². The summed E-state index contributed by atoms with van der Waals surface area (Å²) in [6.45, 7) is 1.90. The van der Waals surface area contributed by atoms with Crippen molar-refractivity contribution in [3.8, 4) is 0 Å². The quantitative estimate of drug-likeness (QED) is 0.795. The van der Waals surface area contributed by atoms with Crippen molar-refractivity contribution in [3.05, 3.63) is 70.8 Å². The fourth-order valence-electron chi connectivity index (χ4n) is 3.50. The second-order valence-electron chi connectivity index (χ2n) is 6.47. The molecular formula is C20H16N2O4. The highest BCUT2D eigenvalue weighted by Gasteiger charge is 2.39. The number of fused-ring (bicyclic) bond motifs is 2. The summed E-state index contributed by atoms with van der Waals surface area (Å²) in [7, 11) is 0. The summed E-state index contributed by atoms with van der Waals surface area (Å²) in [5.41, 5.74) is 1.58. The minimum atomic E-state index is -0.424. The Balaban J connectivity index is 1.48. The van der Waals surface area contributed by atoms with Crippen LogP contribution in [0, 0.1) is 0 Å². The molecule has 0 radical (unpaired) electrons. The zero-order valence-electron chi connectivity index (χ0n) is 14.1. The Morgan fingerprint density at radius 2 is 1.08 bits per heavy atom. The van der Waals surface area contributed by atoms with Gasteiger partial charge in [-0.15, -0.1) is 0 Å². The van der Waals surface area contributed by atoms with Gasteiger partial charge in [0.2, 0.25) is 0 Å². The van der Waals surface area contributed by atoms with Crippen molar-refractivity contribution < 1.29 is 19.2 Å². The SMILES string of the molecule is CC(CCN1C(=O)c2ccccc2C1=O)N1C(=O)c2ccccc2C1=O. The van der Waals surface area contributed by atoms with Gasteiger partial charge in [0, 0.05) is 12.6 Å². The van der Waals surface area contributed by atoms with Gasteiger partial charge in [-0.2, -0.15) is 0 Å². The molecule has 2 aliphatic rings. The molecule has 6 nitrogen and oxygen atoms in total. The van der Waals surface area contributed by atoms with Crippen molar-refractivity contribution in [2.75, 3.05) is 6.54 Å². The Bertz CT molecular complexity index is 896. The standard InChI is InChI=1S/C20H16N2O4/c1-12(22-19(25)15-8-4-5-9-16(15)20(22)26)10-11-21-17(23)13-6-2-3-7-14(13)18(21)24/h2-9,12H,10-11H2,1H3. The highest BCUT2D eigenvalue weighted by molar-refractivity contribution is 6.22. The third-order valence-electron chi connectivity index (χ3n) is 4.91. The van der Waals surface area contributed by atoms with Gasteiger partial charge in [-0.05, 0) is 37.6 Å². The molecule has 4 amide bonds. The molecule has 2 aromatic carbocycles. The van der Waals surface area contributed by atoms with Crippen LogP contribution in [0.2, 0.25) is 0 Å². The fraction of sp³-hybridized carbons (Fsp3) is 0.200. The molecule has 26 heavy (non-hydrogen) atoms. The van der Waals surface area contributed by atoms with Gasteiger partial charge in [0.05, 0.1) is 22.3 Å². The molecule has 0 aromatic heterocycles. The second kappa shape index (κ2) is 5.91. The first-order valence-corrected chi connectivity index (χ1v) is 8.43. The molecule has 2 aromatic rings. The van der Waals surface area contributed by atoms with Crippen LogP contribution in [0.15, 0.2) is 48.5 Å². The summed E-state index contributed by atoms with van der Waals surface area (Å²) in [5, 5.41) is 0. The molecule has 1 atom stereocenters.